The van der Waals surface area contributed by atoms with Crippen molar-refractivity contribution in [2.45, 2.75) is 52.1 Å². The molecule has 0 amide bonds. The number of carboxylic acids is 1. The fourth-order valence-electron chi connectivity index (χ4n) is 5.99. The zero-order valence-corrected chi connectivity index (χ0v) is 23.3. The van der Waals surface area contributed by atoms with Crippen LogP contribution in [0.15, 0.2) is 48.1 Å². The summed E-state index contributed by atoms with van der Waals surface area (Å²) in [5, 5.41) is 21.6. The van der Waals surface area contributed by atoms with Gasteiger partial charge >= 0.3 is 5.97 Å². The summed E-state index contributed by atoms with van der Waals surface area (Å²) in [5.74, 6) is -0.615. The van der Waals surface area contributed by atoms with Gasteiger partial charge in [0, 0.05) is 49.7 Å². The molecule has 0 saturated heterocycles. The Hall–Kier alpha value is -3.69. The van der Waals surface area contributed by atoms with Gasteiger partial charge in [0.15, 0.2) is 5.65 Å². The highest BCUT2D eigenvalue weighted by molar-refractivity contribution is 7.17. The number of thiophene rings is 1. The highest BCUT2D eigenvalue weighted by Crippen LogP contribution is 2.37. The minimum absolute atomic E-state index is 0.0255. The molecule has 5 aromatic rings. The molecule has 2 atom stereocenters. The topological polar surface area (TPSA) is 97.0 Å². The third kappa shape index (κ3) is 4.92. The van der Waals surface area contributed by atoms with Crippen LogP contribution in [0, 0.1) is 12.8 Å². The maximum atomic E-state index is 12.1. The van der Waals surface area contributed by atoms with Crippen LogP contribution in [0.1, 0.15) is 59.2 Å². The molecular weight excluding hydrogens is 508 g/mol. The van der Waals surface area contributed by atoms with E-state index >= 15 is 0 Å². The van der Waals surface area contributed by atoms with E-state index in [2.05, 4.69) is 56.8 Å². The molecule has 39 heavy (non-hydrogen) atoms. The summed E-state index contributed by atoms with van der Waals surface area (Å²) < 4.78 is 2.90. The van der Waals surface area contributed by atoms with E-state index in [1.807, 2.05) is 26.2 Å². The second-order valence-electron chi connectivity index (χ2n) is 10.7. The largest absolute Gasteiger partial charge is 0.481 e. The number of benzene rings is 1. The van der Waals surface area contributed by atoms with Crippen molar-refractivity contribution in [3.63, 3.8) is 0 Å². The van der Waals surface area contributed by atoms with Crippen LogP contribution in [0.4, 0.5) is 0 Å². The van der Waals surface area contributed by atoms with Gasteiger partial charge in [-0.1, -0.05) is 30.7 Å². The van der Waals surface area contributed by atoms with E-state index < -0.39 is 5.97 Å². The molecule has 9 heteroatoms. The van der Waals surface area contributed by atoms with Crippen LogP contribution in [0.3, 0.4) is 0 Å². The maximum absolute atomic E-state index is 12.1. The smallest absolute Gasteiger partial charge is 0.304 e. The van der Waals surface area contributed by atoms with Crippen LogP contribution >= 0.6 is 11.3 Å². The summed E-state index contributed by atoms with van der Waals surface area (Å²) in [5.41, 5.74) is 7.95. The van der Waals surface area contributed by atoms with Crippen LogP contribution in [0.2, 0.25) is 0 Å². The minimum Gasteiger partial charge on any atom is -0.481 e. The quantitative estimate of drug-likeness (QED) is 0.292. The van der Waals surface area contributed by atoms with Crippen LogP contribution in [0.5, 0.6) is 0 Å². The second-order valence-corrected chi connectivity index (χ2v) is 11.6. The molecule has 0 aliphatic carbocycles. The molecule has 0 unspecified atom stereocenters. The summed E-state index contributed by atoms with van der Waals surface area (Å²) in [4.78, 5) is 23.9. The van der Waals surface area contributed by atoms with Gasteiger partial charge in [-0.15, -0.1) is 16.4 Å². The van der Waals surface area contributed by atoms with Crippen LogP contribution in [-0.2, 0) is 31.4 Å². The number of nitrogens with zero attached hydrogens (tertiary/aromatic N) is 6. The molecule has 0 spiro atoms. The molecule has 8 nitrogen and oxygen atoms in total. The fraction of sp³-hybridized carbons (Fsp3) is 0.367. The summed E-state index contributed by atoms with van der Waals surface area (Å²) in [6, 6.07) is 10.8. The van der Waals surface area contributed by atoms with Crippen molar-refractivity contribution in [1.29, 1.82) is 0 Å². The number of aryl methyl sites for hydroxylation is 2. The Labute approximate surface area is 231 Å². The van der Waals surface area contributed by atoms with Crippen LogP contribution in [0.25, 0.3) is 21.3 Å². The highest BCUT2D eigenvalue weighted by atomic mass is 32.1. The minimum atomic E-state index is -0.841. The lowest BCUT2D eigenvalue weighted by Gasteiger charge is -2.25. The Morgan fingerprint density at radius 2 is 2.13 bits per heavy atom. The number of aliphatic carboxylic acids is 1. The van der Waals surface area contributed by atoms with Gasteiger partial charge in [0.1, 0.15) is 5.52 Å². The van der Waals surface area contributed by atoms with Gasteiger partial charge in [0.25, 0.3) is 0 Å². The summed E-state index contributed by atoms with van der Waals surface area (Å²) >= 11 is 1.75. The number of pyridine rings is 2. The molecule has 1 aliphatic heterocycles. The van der Waals surface area contributed by atoms with Crippen LogP contribution < -0.4 is 0 Å². The third-order valence-corrected chi connectivity index (χ3v) is 9.08. The molecule has 6 rings (SSSR count). The maximum Gasteiger partial charge on any atom is 0.304 e. The molecule has 4 aromatic heterocycles. The Morgan fingerprint density at radius 1 is 1.26 bits per heavy atom. The lowest BCUT2D eigenvalue weighted by Crippen LogP contribution is -2.27. The molecule has 5 heterocycles. The Morgan fingerprint density at radius 3 is 2.95 bits per heavy atom. The zero-order chi connectivity index (χ0) is 27.1. The van der Waals surface area contributed by atoms with E-state index in [4.69, 9.17) is 4.98 Å². The summed E-state index contributed by atoms with van der Waals surface area (Å²) in [6.07, 6.45) is 5.85. The number of hydrogen-bond donors (Lipinski definition) is 1. The normalized spacial score (nSPS) is 16.8. The van der Waals surface area contributed by atoms with Gasteiger partial charge in [-0.3, -0.25) is 14.7 Å². The molecular formula is C30H32N6O2S. The number of hydrogen-bond acceptors (Lipinski definition) is 7. The molecule has 1 N–H and O–H groups in total. The Kier molecular flexibility index (Phi) is 6.86. The molecule has 0 bridgehead atoms. The van der Waals surface area contributed by atoms with E-state index in [9.17, 15) is 9.90 Å². The lowest BCUT2D eigenvalue weighted by atomic mass is 9.85. The van der Waals surface area contributed by atoms with Crippen molar-refractivity contribution in [2.24, 2.45) is 13.0 Å². The molecule has 1 aliphatic rings. The average Bonchev–Trinajstić information content (AvgIpc) is 3.50. The second kappa shape index (κ2) is 10.5. The first-order valence-corrected chi connectivity index (χ1v) is 14.3. The van der Waals surface area contributed by atoms with Gasteiger partial charge in [0.05, 0.1) is 12.1 Å². The molecule has 1 aromatic carbocycles. The average molecular weight is 541 g/mol. The summed E-state index contributed by atoms with van der Waals surface area (Å²) in [7, 11) is 1.81. The predicted octanol–water partition coefficient (Wildman–Crippen LogP) is 5.47. The first-order valence-electron chi connectivity index (χ1n) is 13.4. The van der Waals surface area contributed by atoms with Crippen molar-refractivity contribution in [1.82, 2.24) is 29.9 Å². The van der Waals surface area contributed by atoms with E-state index in [0.29, 0.717) is 17.1 Å². The lowest BCUT2D eigenvalue weighted by molar-refractivity contribution is -0.137. The van der Waals surface area contributed by atoms with Crippen molar-refractivity contribution < 1.29 is 9.90 Å². The Balaban J connectivity index is 1.42. The summed E-state index contributed by atoms with van der Waals surface area (Å²) in [6.45, 7) is 6.86. The first-order chi connectivity index (χ1) is 18.9. The molecule has 0 radical (unpaired) electrons. The van der Waals surface area contributed by atoms with E-state index in [-0.39, 0.29) is 12.3 Å². The van der Waals surface area contributed by atoms with E-state index in [1.165, 1.54) is 15.8 Å². The SMILES string of the molecule is CC[C@H]1Cc2cccnc2CN(Cc2cc([C@H](CC(=O)O)c3cnc4c(nnn4C)c3C)cc3ccsc23)C1. The van der Waals surface area contributed by atoms with Gasteiger partial charge in [0.2, 0.25) is 0 Å². The van der Waals surface area contributed by atoms with E-state index in [0.717, 1.165) is 60.2 Å². The van der Waals surface area contributed by atoms with Crippen molar-refractivity contribution in [3.05, 3.63) is 81.6 Å². The Bertz CT molecular complexity index is 1680. The zero-order valence-electron chi connectivity index (χ0n) is 22.5. The van der Waals surface area contributed by atoms with Gasteiger partial charge in [-0.2, -0.15) is 0 Å². The van der Waals surface area contributed by atoms with Crippen LogP contribution in [-0.4, -0.2) is 47.5 Å². The van der Waals surface area contributed by atoms with Gasteiger partial charge in [-0.05, 0) is 76.0 Å². The number of carboxylic acid groups (broad SMARTS) is 1. The van der Waals surface area contributed by atoms with Crippen molar-refractivity contribution in [3.8, 4) is 0 Å². The van der Waals surface area contributed by atoms with Gasteiger partial charge < -0.3 is 5.11 Å². The predicted molar refractivity (Wildman–Crippen MR) is 153 cm³/mol. The molecule has 0 saturated carbocycles. The highest BCUT2D eigenvalue weighted by Gasteiger charge is 2.26. The first kappa shape index (κ1) is 25.6. The third-order valence-electron chi connectivity index (χ3n) is 8.07. The van der Waals surface area contributed by atoms with Crippen molar-refractivity contribution in [2.75, 3.05) is 6.54 Å². The standard InChI is InChI=1S/C30H32N6O2S/c1-4-19-10-20-6-5-8-31-26(20)17-36(15-19)16-23-12-22(11-21-7-9-39-29(21)23)24(13-27(37)38)25-14-32-30-28(18(25)2)33-34-35(30)3/h5-9,11-12,14,19,24H,4,10,13,15-17H2,1-3H3,(H,37,38)/t19-,24-/m0/s1. The number of rotatable bonds is 7. The van der Waals surface area contributed by atoms with Gasteiger partial charge in [-0.25, -0.2) is 9.67 Å². The fourth-order valence-corrected chi connectivity index (χ4v) is 6.88. The molecule has 0 fully saturated rings. The van der Waals surface area contributed by atoms with Crippen molar-refractivity contribution >= 4 is 38.6 Å². The molecule has 200 valence electrons. The monoisotopic (exact) mass is 540 g/mol. The number of fused-ring (bicyclic) bond motifs is 3. The number of carbonyl (C=O) groups is 1. The van der Waals surface area contributed by atoms with E-state index in [1.54, 1.807) is 22.2 Å². The number of aromatic nitrogens is 5.